The van der Waals surface area contributed by atoms with Crippen LogP contribution >= 0.6 is 15.9 Å². The van der Waals surface area contributed by atoms with E-state index >= 15 is 0 Å². The number of esters is 1. The first kappa shape index (κ1) is 18.6. The molecule has 2 rings (SSSR count). The summed E-state index contributed by atoms with van der Waals surface area (Å²) in [6.07, 6.45) is 0. The van der Waals surface area contributed by atoms with E-state index < -0.39 is 21.8 Å². The minimum absolute atomic E-state index is 0.0370. The fourth-order valence-electron chi connectivity index (χ4n) is 1.92. The van der Waals surface area contributed by atoms with Crippen molar-refractivity contribution in [3.63, 3.8) is 0 Å². The van der Waals surface area contributed by atoms with Gasteiger partial charge in [0.25, 0.3) is 0 Å². The predicted molar refractivity (Wildman–Crippen MR) is 90.5 cm³/mol. The van der Waals surface area contributed by atoms with Crippen LogP contribution in [0.3, 0.4) is 0 Å². The molecular formula is C16H15BrFNO4S. The molecule has 8 heteroatoms. The lowest BCUT2D eigenvalue weighted by Crippen LogP contribution is -2.23. The minimum Gasteiger partial charge on any atom is -0.462 e. The zero-order valence-corrected chi connectivity index (χ0v) is 15.2. The van der Waals surface area contributed by atoms with Gasteiger partial charge in [-0.15, -0.1) is 0 Å². The van der Waals surface area contributed by atoms with E-state index in [1.54, 1.807) is 31.2 Å². The molecule has 1 N–H and O–H groups in total. The van der Waals surface area contributed by atoms with Gasteiger partial charge in [-0.1, -0.05) is 12.1 Å². The van der Waals surface area contributed by atoms with E-state index in [4.69, 9.17) is 4.74 Å². The summed E-state index contributed by atoms with van der Waals surface area (Å²) in [5.41, 5.74) is 1.06. The second-order valence-electron chi connectivity index (χ2n) is 4.82. The molecule has 0 bridgehead atoms. The minimum atomic E-state index is -3.80. The summed E-state index contributed by atoms with van der Waals surface area (Å²) in [5, 5.41) is 0. The van der Waals surface area contributed by atoms with Crippen molar-refractivity contribution < 1.29 is 22.3 Å². The number of ether oxygens (including phenoxy) is 1. The van der Waals surface area contributed by atoms with Crippen LogP contribution in [0.4, 0.5) is 4.39 Å². The number of halogens is 2. The van der Waals surface area contributed by atoms with Crippen molar-refractivity contribution in [3.8, 4) is 0 Å². The summed E-state index contributed by atoms with van der Waals surface area (Å²) in [7, 11) is -3.80. The Kier molecular flexibility index (Phi) is 6.09. The van der Waals surface area contributed by atoms with E-state index in [-0.39, 0.29) is 22.5 Å². The Morgan fingerprint density at radius 1 is 1.21 bits per heavy atom. The summed E-state index contributed by atoms with van der Waals surface area (Å²) in [6.45, 7) is 2.04. The Balaban J connectivity index is 2.08. The Morgan fingerprint density at radius 3 is 2.46 bits per heavy atom. The molecule has 0 aliphatic heterocycles. The Labute approximate surface area is 148 Å². The average Bonchev–Trinajstić information content (AvgIpc) is 2.53. The maximum absolute atomic E-state index is 13.1. The summed E-state index contributed by atoms with van der Waals surface area (Å²) < 4.78 is 45.0. The maximum Gasteiger partial charge on any atom is 0.338 e. The molecule has 0 radical (unpaired) electrons. The van der Waals surface area contributed by atoms with E-state index in [9.17, 15) is 17.6 Å². The van der Waals surface area contributed by atoms with Gasteiger partial charge in [-0.2, -0.15) is 0 Å². The van der Waals surface area contributed by atoms with Crippen molar-refractivity contribution in [2.45, 2.75) is 18.4 Å². The summed E-state index contributed by atoms with van der Waals surface area (Å²) in [5.74, 6) is -0.963. The number of hydrogen-bond acceptors (Lipinski definition) is 4. The number of rotatable bonds is 6. The fraction of sp³-hybridized carbons (Fsp3) is 0.188. The third kappa shape index (κ3) is 4.62. The smallest absolute Gasteiger partial charge is 0.338 e. The van der Waals surface area contributed by atoms with Crippen LogP contribution in [-0.2, 0) is 21.3 Å². The lowest BCUT2D eigenvalue weighted by atomic mass is 10.1. The van der Waals surface area contributed by atoms with Crippen LogP contribution in [0.5, 0.6) is 0 Å². The molecule has 24 heavy (non-hydrogen) atoms. The number of carbonyl (C=O) groups excluding carboxylic acids is 1. The van der Waals surface area contributed by atoms with Crippen LogP contribution in [0.1, 0.15) is 22.8 Å². The van der Waals surface area contributed by atoms with Crippen LogP contribution in [0.15, 0.2) is 51.8 Å². The first-order valence-corrected chi connectivity index (χ1v) is 9.32. The van der Waals surface area contributed by atoms with Crippen molar-refractivity contribution in [1.82, 2.24) is 4.72 Å². The molecule has 0 unspecified atom stereocenters. The molecular weight excluding hydrogens is 401 g/mol. The zero-order valence-electron chi connectivity index (χ0n) is 12.8. The van der Waals surface area contributed by atoms with Crippen LogP contribution in [-0.4, -0.2) is 21.0 Å². The zero-order chi connectivity index (χ0) is 17.7. The first-order valence-electron chi connectivity index (χ1n) is 7.04. The van der Waals surface area contributed by atoms with Gasteiger partial charge in [0.2, 0.25) is 10.0 Å². The summed E-state index contributed by atoms with van der Waals surface area (Å²) in [6, 6.07) is 9.75. The molecule has 0 amide bonds. The highest BCUT2D eigenvalue weighted by molar-refractivity contribution is 9.10. The quantitative estimate of drug-likeness (QED) is 0.734. The molecule has 0 saturated heterocycles. The molecule has 0 aliphatic rings. The Morgan fingerprint density at radius 2 is 1.88 bits per heavy atom. The van der Waals surface area contributed by atoms with E-state index in [0.29, 0.717) is 11.1 Å². The normalized spacial score (nSPS) is 11.3. The molecule has 0 aliphatic carbocycles. The van der Waals surface area contributed by atoms with Gasteiger partial charge in [-0.25, -0.2) is 22.3 Å². The number of sulfonamides is 1. The van der Waals surface area contributed by atoms with Gasteiger partial charge in [-0.3, -0.25) is 0 Å². The summed E-state index contributed by atoms with van der Waals surface area (Å²) in [4.78, 5) is 11.5. The maximum atomic E-state index is 13.1. The molecule has 0 fully saturated rings. The molecule has 2 aromatic carbocycles. The summed E-state index contributed by atoms with van der Waals surface area (Å²) >= 11 is 3.04. The SMILES string of the molecule is CCOC(=O)c1ccc(CNS(=O)(=O)c2ccc(F)cc2Br)cc1. The number of nitrogens with one attached hydrogen (secondary N) is 1. The van der Waals surface area contributed by atoms with E-state index in [1.165, 1.54) is 6.07 Å². The van der Waals surface area contributed by atoms with Gasteiger partial charge in [0.1, 0.15) is 5.82 Å². The highest BCUT2D eigenvalue weighted by atomic mass is 79.9. The molecule has 5 nitrogen and oxygen atoms in total. The van der Waals surface area contributed by atoms with Crippen LogP contribution in [0, 0.1) is 5.82 Å². The first-order chi connectivity index (χ1) is 11.3. The number of benzene rings is 2. The van der Waals surface area contributed by atoms with Gasteiger partial charge in [0.05, 0.1) is 17.1 Å². The van der Waals surface area contributed by atoms with Crippen molar-refractivity contribution in [3.05, 3.63) is 63.9 Å². The van der Waals surface area contributed by atoms with E-state index in [0.717, 1.165) is 12.1 Å². The van der Waals surface area contributed by atoms with Gasteiger partial charge in [0, 0.05) is 11.0 Å². The molecule has 0 saturated carbocycles. The van der Waals surface area contributed by atoms with Crippen molar-refractivity contribution >= 4 is 31.9 Å². The standard InChI is InChI=1S/C16H15BrFNO4S/c1-2-23-16(20)12-5-3-11(4-6-12)10-19-24(21,22)15-8-7-13(18)9-14(15)17/h3-9,19H,2,10H2,1H3. The highest BCUT2D eigenvalue weighted by Gasteiger charge is 2.17. The molecule has 0 aromatic heterocycles. The molecule has 0 heterocycles. The van der Waals surface area contributed by atoms with Gasteiger partial charge in [-0.05, 0) is 58.7 Å². The molecule has 128 valence electrons. The molecule has 0 atom stereocenters. The van der Waals surface area contributed by atoms with Crippen molar-refractivity contribution in [2.24, 2.45) is 0 Å². The lowest BCUT2D eigenvalue weighted by molar-refractivity contribution is 0.0526. The topological polar surface area (TPSA) is 72.5 Å². The van der Waals surface area contributed by atoms with Crippen molar-refractivity contribution in [2.75, 3.05) is 6.61 Å². The second kappa shape index (κ2) is 7.87. The van der Waals surface area contributed by atoms with Gasteiger partial charge >= 0.3 is 5.97 Å². The Hall–Kier alpha value is -1.77. The fourth-order valence-corrected chi connectivity index (χ4v) is 3.99. The Bertz CT molecular complexity index is 838. The number of hydrogen-bond donors (Lipinski definition) is 1. The predicted octanol–water partition coefficient (Wildman–Crippen LogP) is 3.24. The van der Waals surface area contributed by atoms with E-state index in [2.05, 4.69) is 20.7 Å². The lowest BCUT2D eigenvalue weighted by Gasteiger charge is -2.09. The monoisotopic (exact) mass is 415 g/mol. The molecule has 0 spiro atoms. The van der Waals surface area contributed by atoms with Gasteiger partial charge < -0.3 is 4.74 Å². The third-order valence-corrected chi connectivity index (χ3v) is 5.49. The third-order valence-electron chi connectivity index (χ3n) is 3.11. The molecule has 2 aromatic rings. The van der Waals surface area contributed by atoms with E-state index in [1.807, 2.05) is 0 Å². The average molecular weight is 416 g/mol. The van der Waals surface area contributed by atoms with Crippen molar-refractivity contribution in [1.29, 1.82) is 0 Å². The van der Waals surface area contributed by atoms with Gasteiger partial charge in [0.15, 0.2) is 0 Å². The van der Waals surface area contributed by atoms with Crippen LogP contribution in [0.2, 0.25) is 0 Å². The van der Waals surface area contributed by atoms with Crippen LogP contribution in [0.25, 0.3) is 0 Å². The second-order valence-corrected chi connectivity index (χ2v) is 7.41. The highest BCUT2D eigenvalue weighted by Crippen LogP contribution is 2.22. The van der Waals surface area contributed by atoms with Crippen LogP contribution < -0.4 is 4.72 Å². The number of carbonyl (C=O) groups is 1. The largest absolute Gasteiger partial charge is 0.462 e.